The smallest absolute Gasteiger partial charge is 0.277 e. The van der Waals surface area contributed by atoms with E-state index in [9.17, 15) is 4.79 Å². The lowest BCUT2D eigenvalue weighted by atomic mass is 10.1. The number of rotatable bonds is 5. The largest absolute Gasteiger partial charge is 0.337 e. The molecule has 5 rings (SSSR count). The first-order chi connectivity index (χ1) is 15.1. The van der Waals surface area contributed by atoms with Crippen molar-refractivity contribution in [1.29, 1.82) is 0 Å². The fourth-order valence-electron chi connectivity index (χ4n) is 3.57. The molecule has 0 radical (unpaired) electrons. The van der Waals surface area contributed by atoms with Gasteiger partial charge in [-0.3, -0.25) is 4.79 Å². The van der Waals surface area contributed by atoms with E-state index in [1.54, 1.807) is 21.5 Å². The SMILES string of the molecule is CCc1ccc(-c2cc3c(=O)n(Cc4nc(-c5cccc(C)c5)no4)ccn3n2)cc1. The second-order valence-electron chi connectivity index (χ2n) is 7.52. The van der Waals surface area contributed by atoms with Gasteiger partial charge in [0.25, 0.3) is 5.56 Å². The van der Waals surface area contributed by atoms with Gasteiger partial charge in [-0.15, -0.1) is 0 Å². The van der Waals surface area contributed by atoms with Gasteiger partial charge < -0.3 is 9.09 Å². The van der Waals surface area contributed by atoms with Crippen LogP contribution in [0.1, 0.15) is 23.9 Å². The van der Waals surface area contributed by atoms with Gasteiger partial charge in [-0.25, -0.2) is 4.52 Å². The van der Waals surface area contributed by atoms with E-state index >= 15 is 0 Å². The maximum Gasteiger partial charge on any atom is 0.277 e. The number of nitrogens with zero attached hydrogens (tertiary/aromatic N) is 5. The highest BCUT2D eigenvalue weighted by Crippen LogP contribution is 2.20. The maximum atomic E-state index is 13.0. The molecule has 0 atom stereocenters. The minimum absolute atomic E-state index is 0.165. The molecular weight excluding hydrogens is 390 g/mol. The molecule has 2 aromatic carbocycles. The van der Waals surface area contributed by atoms with Crippen LogP contribution in [-0.4, -0.2) is 24.3 Å². The summed E-state index contributed by atoms with van der Waals surface area (Å²) < 4.78 is 8.54. The van der Waals surface area contributed by atoms with Crippen LogP contribution < -0.4 is 5.56 Å². The Morgan fingerprint density at radius 1 is 1.00 bits per heavy atom. The lowest BCUT2D eigenvalue weighted by Gasteiger charge is -2.02. The van der Waals surface area contributed by atoms with Crippen molar-refractivity contribution in [3.05, 3.63) is 94.4 Å². The number of benzene rings is 2. The molecule has 0 spiro atoms. The highest BCUT2D eigenvalue weighted by atomic mass is 16.5. The van der Waals surface area contributed by atoms with Gasteiger partial charge in [-0.05, 0) is 31.0 Å². The summed E-state index contributed by atoms with van der Waals surface area (Å²) in [5, 5.41) is 8.61. The van der Waals surface area contributed by atoms with Crippen LogP contribution in [0.15, 0.2) is 76.3 Å². The quantitative estimate of drug-likeness (QED) is 0.434. The molecule has 7 heteroatoms. The summed E-state index contributed by atoms with van der Waals surface area (Å²) >= 11 is 0. The summed E-state index contributed by atoms with van der Waals surface area (Å²) in [4.78, 5) is 17.5. The first-order valence-corrected chi connectivity index (χ1v) is 10.2. The van der Waals surface area contributed by atoms with Crippen LogP contribution in [0.2, 0.25) is 0 Å². The molecule has 31 heavy (non-hydrogen) atoms. The molecule has 3 heterocycles. The van der Waals surface area contributed by atoms with Crippen LogP contribution in [0, 0.1) is 6.92 Å². The van der Waals surface area contributed by atoms with Crippen LogP contribution >= 0.6 is 0 Å². The molecule has 0 bridgehead atoms. The highest BCUT2D eigenvalue weighted by Gasteiger charge is 2.13. The Balaban J connectivity index is 1.44. The molecular formula is C24H21N5O2. The third-order valence-corrected chi connectivity index (χ3v) is 5.31. The van der Waals surface area contributed by atoms with E-state index in [2.05, 4.69) is 34.3 Å². The van der Waals surface area contributed by atoms with E-state index in [1.807, 2.05) is 49.4 Å². The van der Waals surface area contributed by atoms with Crippen molar-refractivity contribution in [3.8, 4) is 22.6 Å². The summed E-state index contributed by atoms with van der Waals surface area (Å²) in [6.45, 7) is 4.33. The Bertz CT molecular complexity index is 1430. The summed E-state index contributed by atoms with van der Waals surface area (Å²) in [6, 6.07) is 17.9. The first kappa shape index (κ1) is 19.0. The van der Waals surface area contributed by atoms with Crippen LogP contribution in [0.25, 0.3) is 28.2 Å². The average Bonchev–Trinajstić information content (AvgIpc) is 3.44. The number of aromatic nitrogens is 5. The molecule has 0 aliphatic heterocycles. The zero-order chi connectivity index (χ0) is 21.4. The standard InChI is InChI=1S/C24H21N5O2/c1-3-17-7-9-18(10-8-17)20-14-21-24(30)28(11-12-29(21)26-20)15-22-25-23(27-31-22)19-6-4-5-16(2)13-19/h4-14H,3,15H2,1-2H3. The van der Waals surface area contributed by atoms with Gasteiger partial charge in [0, 0.05) is 23.5 Å². The first-order valence-electron chi connectivity index (χ1n) is 10.2. The Hall–Kier alpha value is -4.00. The molecule has 0 saturated heterocycles. The average molecular weight is 411 g/mol. The molecule has 0 fully saturated rings. The van der Waals surface area contributed by atoms with Gasteiger partial charge in [0.15, 0.2) is 0 Å². The van der Waals surface area contributed by atoms with Crippen LogP contribution in [0.3, 0.4) is 0 Å². The van der Waals surface area contributed by atoms with Crippen molar-refractivity contribution in [2.24, 2.45) is 0 Å². The number of hydrogen-bond donors (Lipinski definition) is 0. The van der Waals surface area contributed by atoms with E-state index in [0.717, 1.165) is 28.8 Å². The van der Waals surface area contributed by atoms with E-state index in [0.29, 0.717) is 17.2 Å². The Kier molecular flexibility index (Phi) is 4.71. The molecule has 0 N–H and O–H groups in total. The van der Waals surface area contributed by atoms with Crippen molar-refractivity contribution in [1.82, 2.24) is 24.3 Å². The predicted molar refractivity (Wildman–Crippen MR) is 118 cm³/mol. The molecule has 0 amide bonds. The van der Waals surface area contributed by atoms with Gasteiger partial charge in [0.1, 0.15) is 12.1 Å². The number of hydrogen-bond acceptors (Lipinski definition) is 5. The normalized spacial score (nSPS) is 11.3. The molecule has 154 valence electrons. The molecule has 0 saturated carbocycles. The van der Waals surface area contributed by atoms with Crippen molar-refractivity contribution < 1.29 is 4.52 Å². The van der Waals surface area contributed by atoms with Crippen molar-refractivity contribution in [2.75, 3.05) is 0 Å². The highest BCUT2D eigenvalue weighted by molar-refractivity contribution is 5.65. The van der Waals surface area contributed by atoms with Gasteiger partial charge in [-0.2, -0.15) is 10.1 Å². The minimum Gasteiger partial charge on any atom is -0.337 e. The molecule has 7 nitrogen and oxygen atoms in total. The molecule has 0 unspecified atom stereocenters. The molecule has 0 aliphatic carbocycles. The zero-order valence-corrected chi connectivity index (χ0v) is 17.3. The predicted octanol–water partition coefficient (Wildman–Crippen LogP) is 4.13. The van der Waals surface area contributed by atoms with Gasteiger partial charge in [0.2, 0.25) is 11.7 Å². The van der Waals surface area contributed by atoms with Crippen molar-refractivity contribution >= 4 is 5.52 Å². The van der Waals surface area contributed by atoms with Gasteiger partial charge in [-0.1, -0.05) is 60.1 Å². The lowest BCUT2D eigenvalue weighted by Crippen LogP contribution is -2.21. The molecule has 0 aliphatic rings. The molecule has 5 aromatic rings. The van der Waals surface area contributed by atoms with E-state index < -0.39 is 0 Å². The van der Waals surface area contributed by atoms with Crippen LogP contribution in [-0.2, 0) is 13.0 Å². The van der Waals surface area contributed by atoms with Crippen molar-refractivity contribution in [2.45, 2.75) is 26.8 Å². The monoisotopic (exact) mass is 411 g/mol. The van der Waals surface area contributed by atoms with E-state index in [-0.39, 0.29) is 12.1 Å². The third kappa shape index (κ3) is 3.66. The second kappa shape index (κ2) is 7.68. The Morgan fingerprint density at radius 3 is 2.61 bits per heavy atom. The van der Waals surface area contributed by atoms with Gasteiger partial charge >= 0.3 is 0 Å². The Morgan fingerprint density at radius 2 is 1.84 bits per heavy atom. The van der Waals surface area contributed by atoms with Crippen molar-refractivity contribution in [3.63, 3.8) is 0 Å². The summed E-state index contributed by atoms with van der Waals surface area (Å²) in [7, 11) is 0. The fourth-order valence-corrected chi connectivity index (χ4v) is 3.57. The van der Waals surface area contributed by atoms with E-state index in [4.69, 9.17) is 4.52 Å². The Labute approximate surface area is 178 Å². The minimum atomic E-state index is -0.165. The fraction of sp³-hybridized carbons (Fsp3) is 0.167. The lowest BCUT2D eigenvalue weighted by molar-refractivity contribution is 0.370. The summed E-state index contributed by atoms with van der Waals surface area (Å²) in [5.74, 6) is 0.882. The summed E-state index contributed by atoms with van der Waals surface area (Å²) in [6.07, 6.45) is 4.43. The third-order valence-electron chi connectivity index (χ3n) is 5.31. The van der Waals surface area contributed by atoms with Gasteiger partial charge in [0.05, 0.1) is 5.69 Å². The number of aryl methyl sites for hydroxylation is 2. The summed E-state index contributed by atoms with van der Waals surface area (Å²) in [5.41, 5.74) is 5.33. The topological polar surface area (TPSA) is 78.2 Å². The number of fused-ring (bicyclic) bond motifs is 1. The molecule has 3 aromatic heterocycles. The zero-order valence-electron chi connectivity index (χ0n) is 17.3. The maximum absolute atomic E-state index is 13.0. The van der Waals surface area contributed by atoms with Crippen LogP contribution in [0.5, 0.6) is 0 Å². The van der Waals surface area contributed by atoms with Crippen LogP contribution in [0.4, 0.5) is 0 Å². The second-order valence-corrected chi connectivity index (χ2v) is 7.52. The van der Waals surface area contributed by atoms with E-state index in [1.165, 1.54) is 5.56 Å².